The molecule has 0 aliphatic rings. The molecule has 1 amide bonds. The van der Waals surface area contributed by atoms with Crippen LogP contribution in [0, 0.1) is 0 Å². The van der Waals surface area contributed by atoms with Gasteiger partial charge in [0.15, 0.2) is 6.61 Å². The number of amides is 1. The highest BCUT2D eigenvalue weighted by molar-refractivity contribution is 6.30. The summed E-state index contributed by atoms with van der Waals surface area (Å²) in [6.45, 7) is -0.651. The molecule has 1 rings (SSSR count). The van der Waals surface area contributed by atoms with Crippen molar-refractivity contribution in [2.24, 2.45) is 0 Å². The Bertz CT molecular complexity index is 452. The van der Waals surface area contributed by atoms with Crippen LogP contribution in [0.15, 0.2) is 24.3 Å². The summed E-state index contributed by atoms with van der Waals surface area (Å²) < 4.78 is 5.16. The molecule has 0 aliphatic heterocycles. The van der Waals surface area contributed by atoms with E-state index in [1.165, 1.54) is 6.07 Å². The fourth-order valence-electron chi connectivity index (χ4n) is 1.33. The van der Waals surface area contributed by atoms with Gasteiger partial charge in [0.25, 0.3) is 5.91 Å². The maximum absolute atomic E-state index is 11.5. The van der Waals surface area contributed by atoms with Crippen molar-refractivity contribution in [1.82, 2.24) is 5.32 Å². The van der Waals surface area contributed by atoms with Crippen LogP contribution >= 0.6 is 11.6 Å². The molecule has 1 atom stereocenters. The molecule has 0 radical (unpaired) electrons. The minimum absolute atomic E-state index is 0.0573. The van der Waals surface area contributed by atoms with Gasteiger partial charge in [-0.2, -0.15) is 0 Å². The third-order valence-electron chi connectivity index (χ3n) is 2.22. The van der Waals surface area contributed by atoms with E-state index in [0.29, 0.717) is 10.8 Å². The Morgan fingerprint density at radius 3 is 2.74 bits per heavy atom. The lowest BCUT2D eigenvalue weighted by molar-refractivity contribution is -0.142. The van der Waals surface area contributed by atoms with Gasteiger partial charge in [0.1, 0.15) is 11.8 Å². The largest absolute Gasteiger partial charge is 0.484 e. The van der Waals surface area contributed by atoms with Gasteiger partial charge >= 0.3 is 5.97 Å². The summed E-state index contributed by atoms with van der Waals surface area (Å²) in [4.78, 5) is 22.2. The standard InChI is InChI=1S/C12H14ClNO5/c13-8-2-1-3-9(6-8)19-7-11(16)14-10(4-5-15)12(17)18/h1-3,6,10,15H,4-5,7H2,(H,14,16)(H,17,18)/t10-/m1/s1. The van der Waals surface area contributed by atoms with Crippen LogP contribution in [0.1, 0.15) is 6.42 Å². The Hall–Kier alpha value is -1.79. The molecule has 7 heteroatoms. The molecule has 0 aliphatic carbocycles. The molecule has 0 saturated carbocycles. The SMILES string of the molecule is O=C(COc1cccc(Cl)c1)N[C@H](CCO)C(=O)O. The summed E-state index contributed by atoms with van der Waals surface area (Å²) in [5.74, 6) is -1.37. The molecule has 0 spiro atoms. The van der Waals surface area contributed by atoms with Crippen LogP contribution in [-0.4, -0.2) is 41.3 Å². The third-order valence-corrected chi connectivity index (χ3v) is 2.45. The normalized spacial score (nSPS) is 11.7. The van der Waals surface area contributed by atoms with E-state index >= 15 is 0 Å². The average molecular weight is 288 g/mol. The van der Waals surface area contributed by atoms with Gasteiger partial charge in [0, 0.05) is 18.1 Å². The van der Waals surface area contributed by atoms with E-state index in [0.717, 1.165) is 0 Å². The van der Waals surface area contributed by atoms with E-state index in [2.05, 4.69) is 5.32 Å². The molecule has 1 aromatic carbocycles. The van der Waals surface area contributed by atoms with Crippen LogP contribution in [0.5, 0.6) is 5.75 Å². The lowest BCUT2D eigenvalue weighted by Gasteiger charge is -2.13. The van der Waals surface area contributed by atoms with Crippen molar-refractivity contribution in [3.63, 3.8) is 0 Å². The number of hydrogen-bond acceptors (Lipinski definition) is 4. The Morgan fingerprint density at radius 1 is 1.42 bits per heavy atom. The third kappa shape index (κ3) is 5.58. The monoisotopic (exact) mass is 287 g/mol. The summed E-state index contributed by atoms with van der Waals surface area (Å²) in [6, 6.07) is 5.37. The van der Waals surface area contributed by atoms with Crippen LogP contribution in [-0.2, 0) is 9.59 Å². The molecule has 19 heavy (non-hydrogen) atoms. The maximum Gasteiger partial charge on any atom is 0.326 e. The van der Waals surface area contributed by atoms with Gasteiger partial charge < -0.3 is 20.3 Å². The minimum atomic E-state index is -1.20. The molecule has 3 N–H and O–H groups in total. The van der Waals surface area contributed by atoms with Crippen molar-refractivity contribution < 1.29 is 24.5 Å². The van der Waals surface area contributed by atoms with Crippen molar-refractivity contribution in [2.45, 2.75) is 12.5 Å². The zero-order valence-corrected chi connectivity index (χ0v) is 10.8. The van der Waals surface area contributed by atoms with E-state index in [1.54, 1.807) is 18.2 Å². The van der Waals surface area contributed by atoms with Crippen LogP contribution in [0.3, 0.4) is 0 Å². The predicted molar refractivity (Wildman–Crippen MR) is 68.2 cm³/mol. The smallest absolute Gasteiger partial charge is 0.326 e. The first-order valence-corrected chi connectivity index (χ1v) is 5.92. The van der Waals surface area contributed by atoms with Crippen molar-refractivity contribution in [1.29, 1.82) is 0 Å². The Kier molecular flexibility index (Phi) is 6.11. The van der Waals surface area contributed by atoms with E-state index in [9.17, 15) is 9.59 Å². The second-order valence-electron chi connectivity index (χ2n) is 3.72. The molecule has 1 aromatic rings. The fourth-order valence-corrected chi connectivity index (χ4v) is 1.51. The number of carbonyl (C=O) groups excluding carboxylic acids is 1. The highest BCUT2D eigenvalue weighted by Crippen LogP contribution is 2.16. The first-order valence-electron chi connectivity index (χ1n) is 5.54. The quantitative estimate of drug-likeness (QED) is 0.685. The molecule has 0 saturated heterocycles. The molecular formula is C12H14ClNO5. The number of hydrogen-bond donors (Lipinski definition) is 3. The number of halogens is 1. The predicted octanol–water partition coefficient (Wildman–Crippen LogP) is 0.671. The number of benzene rings is 1. The highest BCUT2D eigenvalue weighted by Gasteiger charge is 2.19. The summed E-state index contributed by atoms with van der Waals surface area (Å²) in [6.07, 6.45) is -0.0573. The van der Waals surface area contributed by atoms with E-state index in [1.807, 2.05) is 0 Å². The van der Waals surface area contributed by atoms with Gasteiger partial charge in [0.05, 0.1) is 0 Å². The zero-order valence-electron chi connectivity index (χ0n) is 10.0. The average Bonchev–Trinajstić information content (AvgIpc) is 2.36. The lowest BCUT2D eigenvalue weighted by atomic mass is 10.2. The molecular weight excluding hydrogens is 274 g/mol. The first kappa shape index (κ1) is 15.3. The number of rotatable bonds is 7. The summed E-state index contributed by atoms with van der Waals surface area (Å²) >= 11 is 5.74. The van der Waals surface area contributed by atoms with Crippen LogP contribution in [0.4, 0.5) is 0 Å². The second-order valence-corrected chi connectivity index (χ2v) is 4.15. The van der Waals surface area contributed by atoms with Crippen LogP contribution < -0.4 is 10.1 Å². The summed E-state index contributed by atoms with van der Waals surface area (Å²) in [7, 11) is 0. The molecule has 0 heterocycles. The Balaban J connectivity index is 2.44. The zero-order chi connectivity index (χ0) is 14.3. The highest BCUT2D eigenvalue weighted by atomic mass is 35.5. The van der Waals surface area contributed by atoms with E-state index in [4.69, 9.17) is 26.6 Å². The lowest BCUT2D eigenvalue weighted by Crippen LogP contribution is -2.43. The van der Waals surface area contributed by atoms with Gasteiger partial charge in [-0.1, -0.05) is 17.7 Å². The molecule has 0 fully saturated rings. The number of aliphatic hydroxyl groups excluding tert-OH is 1. The number of nitrogens with one attached hydrogen (secondary N) is 1. The molecule has 104 valence electrons. The molecule has 0 aromatic heterocycles. The number of carboxylic acid groups (broad SMARTS) is 1. The molecule has 6 nitrogen and oxygen atoms in total. The molecule has 0 bridgehead atoms. The Morgan fingerprint density at radius 2 is 2.16 bits per heavy atom. The summed E-state index contributed by atoms with van der Waals surface area (Å²) in [5.41, 5.74) is 0. The Labute approximate surface area is 114 Å². The molecule has 0 unspecified atom stereocenters. The van der Waals surface area contributed by atoms with Crippen molar-refractivity contribution in [3.05, 3.63) is 29.3 Å². The van der Waals surface area contributed by atoms with Crippen molar-refractivity contribution in [3.8, 4) is 5.75 Å². The number of ether oxygens (including phenoxy) is 1. The number of carboxylic acids is 1. The second kappa shape index (κ2) is 7.60. The van der Waals surface area contributed by atoms with Gasteiger partial charge in [-0.25, -0.2) is 4.79 Å². The minimum Gasteiger partial charge on any atom is -0.484 e. The first-order chi connectivity index (χ1) is 9.02. The van der Waals surface area contributed by atoms with Gasteiger partial charge in [-0.15, -0.1) is 0 Å². The van der Waals surface area contributed by atoms with Crippen molar-refractivity contribution in [2.75, 3.05) is 13.2 Å². The van der Waals surface area contributed by atoms with Gasteiger partial charge in [0.2, 0.25) is 0 Å². The number of carbonyl (C=O) groups is 2. The maximum atomic E-state index is 11.5. The number of aliphatic hydroxyl groups is 1. The van der Waals surface area contributed by atoms with E-state index < -0.39 is 17.9 Å². The summed E-state index contributed by atoms with van der Waals surface area (Å²) in [5, 5.41) is 20.2. The van der Waals surface area contributed by atoms with Crippen LogP contribution in [0.2, 0.25) is 5.02 Å². The van der Waals surface area contributed by atoms with Crippen LogP contribution in [0.25, 0.3) is 0 Å². The van der Waals surface area contributed by atoms with Crippen molar-refractivity contribution >= 4 is 23.5 Å². The van der Waals surface area contributed by atoms with E-state index in [-0.39, 0.29) is 19.6 Å². The number of aliphatic carboxylic acids is 1. The fraction of sp³-hybridized carbons (Fsp3) is 0.333. The topological polar surface area (TPSA) is 95.9 Å². The van der Waals surface area contributed by atoms with Gasteiger partial charge in [-0.3, -0.25) is 4.79 Å². The van der Waals surface area contributed by atoms with Gasteiger partial charge in [-0.05, 0) is 18.2 Å².